The van der Waals surface area contributed by atoms with Crippen molar-refractivity contribution in [3.8, 4) is 6.07 Å². The fraction of sp³-hybridized carbons (Fsp3) is 0.526. The summed E-state index contributed by atoms with van der Waals surface area (Å²) in [5.74, 6) is 1.29. The van der Waals surface area contributed by atoms with Crippen LogP contribution in [0.4, 0.5) is 11.8 Å². The second kappa shape index (κ2) is 8.05. The van der Waals surface area contributed by atoms with Crippen LogP contribution in [0.1, 0.15) is 39.0 Å². The number of nitriles is 1. The van der Waals surface area contributed by atoms with E-state index in [1.165, 1.54) is 25.2 Å². The number of fused-ring (bicyclic) bond motifs is 3. The van der Waals surface area contributed by atoms with Crippen molar-refractivity contribution in [3.63, 3.8) is 0 Å². The largest absolute Gasteiger partial charge is 0.402 e. The quantitative estimate of drug-likeness (QED) is 0.428. The number of anilines is 2. The molecule has 2 aliphatic rings. The van der Waals surface area contributed by atoms with E-state index in [4.69, 9.17) is 16.4 Å². The number of allylic oxidation sites excluding steroid dienone is 1. The smallest absolute Gasteiger partial charge is 0.228 e. The van der Waals surface area contributed by atoms with E-state index in [2.05, 4.69) is 36.7 Å². The zero-order chi connectivity index (χ0) is 20.4. The number of piperidine rings is 1. The first-order valence-electron chi connectivity index (χ1n) is 9.93. The molecule has 10 heteroatoms. The van der Waals surface area contributed by atoms with Gasteiger partial charge in [-0.25, -0.2) is 4.98 Å². The van der Waals surface area contributed by atoms with E-state index in [0.717, 1.165) is 19.4 Å². The van der Waals surface area contributed by atoms with E-state index in [1.807, 2.05) is 0 Å². The Bertz CT molecular complexity index is 953. The van der Waals surface area contributed by atoms with Crippen LogP contribution in [0.2, 0.25) is 0 Å². The molecule has 3 atom stereocenters. The molecule has 4 rings (SSSR count). The molecular weight excluding hydrogens is 368 g/mol. The van der Waals surface area contributed by atoms with Crippen molar-refractivity contribution in [2.45, 2.75) is 57.2 Å². The van der Waals surface area contributed by atoms with Crippen LogP contribution in [-0.4, -0.2) is 55.0 Å². The van der Waals surface area contributed by atoms with Gasteiger partial charge in [0.05, 0.1) is 6.07 Å². The maximum absolute atomic E-state index is 8.91. The molecule has 2 saturated heterocycles. The number of rotatable bonds is 6. The molecule has 4 heterocycles. The van der Waals surface area contributed by atoms with Gasteiger partial charge in [-0.2, -0.15) is 19.9 Å². The van der Waals surface area contributed by atoms with E-state index in [9.17, 15) is 0 Å². The maximum atomic E-state index is 8.91. The molecule has 0 aromatic carbocycles. The van der Waals surface area contributed by atoms with Gasteiger partial charge >= 0.3 is 0 Å². The maximum Gasteiger partial charge on any atom is 0.228 e. The molecule has 2 aromatic rings. The molecule has 2 aliphatic heterocycles. The van der Waals surface area contributed by atoms with Crippen LogP contribution in [0.15, 0.2) is 24.2 Å². The van der Waals surface area contributed by atoms with E-state index in [-0.39, 0.29) is 11.9 Å². The molecule has 2 bridgehead atoms. The third-order valence-corrected chi connectivity index (χ3v) is 5.60. The molecule has 0 aliphatic carbocycles. The molecule has 0 radical (unpaired) electrons. The Morgan fingerprint density at radius 2 is 2.17 bits per heavy atom. The third-order valence-electron chi connectivity index (χ3n) is 5.60. The van der Waals surface area contributed by atoms with Gasteiger partial charge in [0.15, 0.2) is 5.65 Å². The summed E-state index contributed by atoms with van der Waals surface area (Å²) in [4.78, 5) is 11.4. The van der Waals surface area contributed by atoms with Crippen LogP contribution in [0.5, 0.6) is 0 Å². The predicted molar refractivity (Wildman–Crippen MR) is 110 cm³/mol. The molecule has 2 fully saturated rings. The van der Waals surface area contributed by atoms with E-state index < -0.39 is 0 Å². The van der Waals surface area contributed by atoms with E-state index in [1.54, 1.807) is 17.5 Å². The number of hydrogen-bond acceptors (Lipinski definition) is 8. The molecule has 0 spiro atoms. The van der Waals surface area contributed by atoms with E-state index >= 15 is 0 Å². The van der Waals surface area contributed by atoms with Gasteiger partial charge in [0.1, 0.15) is 18.0 Å². The van der Waals surface area contributed by atoms with Crippen molar-refractivity contribution in [1.29, 1.82) is 10.7 Å². The zero-order valence-corrected chi connectivity index (χ0v) is 16.5. The minimum atomic E-state index is 0.163. The lowest BCUT2D eigenvalue weighted by atomic mass is 9.97. The molecule has 29 heavy (non-hydrogen) atoms. The second-order valence-corrected chi connectivity index (χ2v) is 7.77. The summed E-state index contributed by atoms with van der Waals surface area (Å²) in [6.45, 7) is 2.59. The Labute approximate surface area is 169 Å². The minimum Gasteiger partial charge on any atom is -0.402 e. The first-order valence-corrected chi connectivity index (χ1v) is 9.93. The summed E-state index contributed by atoms with van der Waals surface area (Å²) in [7, 11) is 0. The van der Waals surface area contributed by atoms with Crippen molar-refractivity contribution >= 4 is 23.2 Å². The molecule has 5 N–H and O–H groups in total. The van der Waals surface area contributed by atoms with Crippen LogP contribution < -0.4 is 16.4 Å². The van der Waals surface area contributed by atoms with Gasteiger partial charge in [-0.15, -0.1) is 0 Å². The molecule has 2 aromatic heterocycles. The fourth-order valence-electron chi connectivity index (χ4n) is 4.51. The van der Waals surface area contributed by atoms with Gasteiger partial charge in [0.25, 0.3) is 0 Å². The lowest BCUT2D eigenvalue weighted by molar-refractivity contribution is 0.135. The predicted octanol–water partition coefficient (Wildman–Crippen LogP) is 1.70. The highest BCUT2D eigenvalue weighted by atomic mass is 15.4. The van der Waals surface area contributed by atoms with Gasteiger partial charge in [-0.05, 0) is 38.7 Å². The molecular formula is C19H26N10. The molecule has 0 saturated carbocycles. The Balaban J connectivity index is 1.51. The highest BCUT2D eigenvalue weighted by Gasteiger charge is 2.40. The minimum absolute atomic E-state index is 0.163. The van der Waals surface area contributed by atoms with E-state index in [0.29, 0.717) is 41.6 Å². The number of amidine groups is 1. The highest BCUT2D eigenvalue weighted by molar-refractivity contribution is 6.01. The zero-order valence-electron chi connectivity index (χ0n) is 16.5. The second-order valence-electron chi connectivity index (χ2n) is 7.77. The van der Waals surface area contributed by atoms with Gasteiger partial charge in [0, 0.05) is 42.9 Å². The summed E-state index contributed by atoms with van der Waals surface area (Å²) in [5.41, 5.74) is 6.85. The summed E-state index contributed by atoms with van der Waals surface area (Å²) in [6, 6.07) is 5.32. The average molecular weight is 394 g/mol. The first kappa shape index (κ1) is 19.1. The van der Waals surface area contributed by atoms with Crippen LogP contribution in [0.3, 0.4) is 0 Å². The fourth-order valence-corrected chi connectivity index (χ4v) is 4.51. The summed E-state index contributed by atoms with van der Waals surface area (Å²) >= 11 is 0. The molecule has 152 valence electrons. The Kier molecular flexibility index (Phi) is 5.31. The van der Waals surface area contributed by atoms with Gasteiger partial charge in [0.2, 0.25) is 5.95 Å². The van der Waals surface area contributed by atoms with Crippen LogP contribution in [0, 0.1) is 16.7 Å². The molecule has 0 unspecified atom stereocenters. The SMILES string of the molecule is C/C(N)=C/C(=N)Nc1cc2ncnn2c(N[C@@H]2C[C@H]3CC[C@@H](C2)N3CCC#N)n1. The van der Waals surface area contributed by atoms with Crippen LogP contribution in [0.25, 0.3) is 5.65 Å². The van der Waals surface area contributed by atoms with Gasteiger partial charge in [-0.1, -0.05) is 0 Å². The number of nitrogens with one attached hydrogen (secondary N) is 3. The summed E-state index contributed by atoms with van der Waals surface area (Å²) < 4.78 is 1.68. The highest BCUT2D eigenvalue weighted by Crippen LogP contribution is 2.36. The molecule has 0 amide bonds. The van der Waals surface area contributed by atoms with Crippen LogP contribution >= 0.6 is 0 Å². The lowest BCUT2D eigenvalue weighted by Crippen LogP contribution is -2.47. The number of nitrogens with two attached hydrogens (primary N) is 1. The number of hydrogen-bond donors (Lipinski definition) is 4. The van der Waals surface area contributed by atoms with Crippen molar-refractivity contribution in [2.24, 2.45) is 5.73 Å². The monoisotopic (exact) mass is 394 g/mol. The van der Waals surface area contributed by atoms with Crippen molar-refractivity contribution in [2.75, 3.05) is 17.2 Å². The average Bonchev–Trinajstić information content (AvgIpc) is 3.21. The first-order chi connectivity index (χ1) is 14.0. The molecule has 10 nitrogen and oxygen atoms in total. The van der Waals surface area contributed by atoms with Crippen LogP contribution in [-0.2, 0) is 0 Å². The van der Waals surface area contributed by atoms with Crippen molar-refractivity contribution < 1.29 is 0 Å². The Morgan fingerprint density at radius 1 is 1.41 bits per heavy atom. The number of nitrogens with zero attached hydrogens (tertiary/aromatic N) is 6. The Hall–Kier alpha value is -3.19. The van der Waals surface area contributed by atoms with Gasteiger partial charge < -0.3 is 16.4 Å². The normalized spacial score (nSPS) is 24.4. The van der Waals surface area contributed by atoms with Crippen molar-refractivity contribution in [3.05, 3.63) is 24.2 Å². The van der Waals surface area contributed by atoms with Gasteiger partial charge in [-0.3, -0.25) is 10.3 Å². The standard InChI is InChI=1S/C19H26N10/c1-12(21)7-16(22)26-17-10-18-23-11-24-29(18)19(27-17)25-13-8-14-3-4-15(9-13)28(14)6-2-5-20/h7,10-11,13-15H,2-4,6,8-9,21H2,1H3,(H2,22,26)(H,25,27)/b12-7-/t13-,14-,15+. The number of aromatic nitrogens is 4. The lowest BCUT2D eigenvalue weighted by Gasteiger charge is -2.38. The summed E-state index contributed by atoms with van der Waals surface area (Å²) in [6.07, 6.45) is 8.02. The summed E-state index contributed by atoms with van der Waals surface area (Å²) in [5, 5.41) is 27.7. The van der Waals surface area contributed by atoms with Crippen molar-refractivity contribution in [1.82, 2.24) is 24.5 Å². The Morgan fingerprint density at radius 3 is 2.86 bits per heavy atom. The topological polar surface area (TPSA) is 144 Å². The third kappa shape index (κ3) is 4.14.